The van der Waals surface area contributed by atoms with E-state index in [0.29, 0.717) is 19.3 Å². The van der Waals surface area contributed by atoms with Gasteiger partial charge in [-0.2, -0.15) is 0 Å². The molecule has 0 aliphatic carbocycles. The topological polar surface area (TPSA) is 95.9 Å². The summed E-state index contributed by atoms with van der Waals surface area (Å²) in [5.74, 6) is -0.482. The molecule has 3 N–H and O–H groups in total. The maximum Gasteiger partial charge on any atom is 0.306 e. The molecule has 0 aromatic rings. The van der Waals surface area contributed by atoms with E-state index in [0.717, 1.165) is 64.2 Å². The zero-order chi connectivity index (χ0) is 47.4. The largest absolute Gasteiger partial charge is 0.462 e. The Morgan fingerprint density at radius 2 is 0.738 bits per heavy atom. The highest BCUT2D eigenvalue weighted by Gasteiger charge is 2.24. The van der Waals surface area contributed by atoms with Crippen molar-refractivity contribution in [1.82, 2.24) is 5.32 Å². The molecule has 0 saturated heterocycles. The number of carbonyl (C=O) groups is 2. The van der Waals surface area contributed by atoms with Crippen LogP contribution in [0.4, 0.5) is 0 Å². The zero-order valence-electron chi connectivity index (χ0n) is 43.9. The molecule has 3 unspecified atom stereocenters. The Bertz CT molecular complexity index is 1030. The van der Waals surface area contributed by atoms with Crippen molar-refractivity contribution in [3.63, 3.8) is 0 Å². The van der Waals surface area contributed by atoms with Crippen LogP contribution < -0.4 is 5.32 Å². The smallest absolute Gasteiger partial charge is 0.306 e. The minimum absolute atomic E-state index is 0.0683. The summed E-state index contributed by atoms with van der Waals surface area (Å²) in [6, 6.07) is -0.705. The number of hydrogen-bond donors (Lipinski definition) is 3. The lowest BCUT2D eigenvalue weighted by molar-refractivity contribution is -0.151. The molecule has 6 heteroatoms. The fraction of sp³-hybridized carbons (Fsp3) is 0.898. The summed E-state index contributed by atoms with van der Waals surface area (Å²) < 4.78 is 5.95. The minimum Gasteiger partial charge on any atom is -0.462 e. The number of rotatable bonds is 53. The van der Waals surface area contributed by atoms with Crippen LogP contribution in [0.3, 0.4) is 0 Å². The molecular formula is C59H113NO5. The zero-order valence-corrected chi connectivity index (χ0v) is 43.9. The SMILES string of the molecule is CCCCCCCCC/C=C/CCCCCC(CC(=O)NC(CO)C(O)CCCCCCCCCCCCCCCC)OC(=O)CCCCCCC/C=C/CCCCCCCCCCC. The Morgan fingerprint density at radius 3 is 1.11 bits per heavy atom. The van der Waals surface area contributed by atoms with Crippen LogP contribution in [0, 0.1) is 0 Å². The molecule has 0 bridgehead atoms. The van der Waals surface area contributed by atoms with Gasteiger partial charge in [0.2, 0.25) is 5.91 Å². The number of amides is 1. The van der Waals surface area contributed by atoms with E-state index >= 15 is 0 Å². The van der Waals surface area contributed by atoms with Gasteiger partial charge in [-0.25, -0.2) is 0 Å². The molecule has 6 nitrogen and oxygen atoms in total. The summed E-state index contributed by atoms with van der Waals surface area (Å²) in [5, 5.41) is 23.9. The molecule has 384 valence electrons. The number of carbonyl (C=O) groups excluding carboxylic acids is 2. The molecule has 0 aliphatic heterocycles. The van der Waals surface area contributed by atoms with Gasteiger partial charge >= 0.3 is 5.97 Å². The highest BCUT2D eigenvalue weighted by Crippen LogP contribution is 2.18. The molecule has 3 atom stereocenters. The molecule has 0 aliphatic rings. The summed E-state index contributed by atoms with van der Waals surface area (Å²) in [7, 11) is 0. The number of ether oxygens (including phenoxy) is 1. The van der Waals surface area contributed by atoms with Crippen molar-refractivity contribution in [2.45, 2.75) is 334 Å². The van der Waals surface area contributed by atoms with Crippen molar-refractivity contribution in [3.05, 3.63) is 24.3 Å². The van der Waals surface area contributed by atoms with Crippen molar-refractivity contribution in [3.8, 4) is 0 Å². The van der Waals surface area contributed by atoms with Crippen LogP contribution in [0.1, 0.15) is 316 Å². The molecule has 0 rings (SSSR count). The van der Waals surface area contributed by atoms with Gasteiger partial charge in [0.1, 0.15) is 6.10 Å². The Kier molecular flexibility index (Phi) is 51.9. The predicted molar refractivity (Wildman–Crippen MR) is 283 cm³/mol. The third kappa shape index (κ3) is 48.6. The van der Waals surface area contributed by atoms with Crippen molar-refractivity contribution in [2.75, 3.05) is 6.61 Å². The lowest BCUT2D eigenvalue weighted by Gasteiger charge is -2.24. The lowest BCUT2D eigenvalue weighted by atomic mass is 10.0. The lowest BCUT2D eigenvalue weighted by Crippen LogP contribution is -2.46. The Hall–Kier alpha value is -1.66. The highest BCUT2D eigenvalue weighted by molar-refractivity contribution is 5.77. The maximum absolute atomic E-state index is 13.3. The second-order valence-corrected chi connectivity index (χ2v) is 20.0. The van der Waals surface area contributed by atoms with E-state index in [4.69, 9.17) is 4.74 Å². The van der Waals surface area contributed by atoms with Gasteiger partial charge in [0, 0.05) is 6.42 Å². The van der Waals surface area contributed by atoms with E-state index in [2.05, 4.69) is 50.4 Å². The molecule has 0 fully saturated rings. The molecule has 0 aromatic heterocycles. The standard InChI is InChI=1S/C59H113NO5/c1-4-7-10-13-16-19-22-25-28-29-30-31-34-37-40-43-46-49-52-59(64)65-55(50-47-44-41-38-35-32-26-23-20-17-14-11-8-5-2)53-58(63)60-56(54-61)57(62)51-48-45-42-39-36-33-27-24-21-18-15-12-9-6-3/h30-32,35,55-57,61-62H,4-29,33-34,36-54H2,1-3H3,(H,60,63)/b31-30+,35-32+. The summed E-state index contributed by atoms with van der Waals surface area (Å²) in [4.78, 5) is 26.3. The van der Waals surface area contributed by atoms with E-state index < -0.39 is 18.2 Å². The van der Waals surface area contributed by atoms with Crippen LogP contribution in [-0.4, -0.2) is 46.9 Å². The number of aliphatic hydroxyl groups is 2. The van der Waals surface area contributed by atoms with Gasteiger partial charge in [-0.3, -0.25) is 9.59 Å². The highest BCUT2D eigenvalue weighted by atomic mass is 16.5. The minimum atomic E-state index is -0.790. The number of esters is 1. The van der Waals surface area contributed by atoms with E-state index in [1.54, 1.807) is 0 Å². The third-order valence-electron chi connectivity index (χ3n) is 13.5. The van der Waals surface area contributed by atoms with Crippen molar-refractivity contribution < 1.29 is 24.5 Å². The second-order valence-electron chi connectivity index (χ2n) is 20.0. The Balaban J connectivity index is 4.54. The van der Waals surface area contributed by atoms with Crippen molar-refractivity contribution in [1.29, 1.82) is 0 Å². The van der Waals surface area contributed by atoms with E-state index in [9.17, 15) is 19.8 Å². The van der Waals surface area contributed by atoms with Crippen LogP contribution in [0.2, 0.25) is 0 Å². The van der Waals surface area contributed by atoms with Crippen molar-refractivity contribution >= 4 is 11.9 Å². The van der Waals surface area contributed by atoms with Gasteiger partial charge < -0.3 is 20.3 Å². The van der Waals surface area contributed by atoms with Gasteiger partial charge in [0.05, 0.1) is 25.2 Å². The van der Waals surface area contributed by atoms with Gasteiger partial charge in [0.25, 0.3) is 0 Å². The average Bonchev–Trinajstić information content (AvgIpc) is 3.30. The maximum atomic E-state index is 13.3. The van der Waals surface area contributed by atoms with Crippen molar-refractivity contribution in [2.24, 2.45) is 0 Å². The van der Waals surface area contributed by atoms with Gasteiger partial charge in [0.15, 0.2) is 0 Å². The molecule has 0 saturated carbocycles. The quantitative estimate of drug-likeness (QED) is 0.0321. The number of nitrogens with one attached hydrogen (secondary N) is 1. The van der Waals surface area contributed by atoms with Gasteiger partial charge in [-0.1, -0.05) is 251 Å². The van der Waals surface area contributed by atoms with Crippen LogP contribution in [0.15, 0.2) is 24.3 Å². The summed E-state index contributed by atoms with van der Waals surface area (Å²) in [5.41, 5.74) is 0. The van der Waals surface area contributed by atoms with Crippen LogP contribution in [0.5, 0.6) is 0 Å². The molecule has 0 heterocycles. The first-order valence-electron chi connectivity index (χ1n) is 29.1. The summed E-state index contributed by atoms with van der Waals surface area (Å²) >= 11 is 0. The number of allylic oxidation sites excluding steroid dienone is 4. The Labute approximate surface area is 405 Å². The first kappa shape index (κ1) is 63.3. The second kappa shape index (κ2) is 53.3. The van der Waals surface area contributed by atoms with Crippen LogP contribution >= 0.6 is 0 Å². The monoisotopic (exact) mass is 916 g/mol. The first-order chi connectivity index (χ1) is 32.0. The molecular weight excluding hydrogens is 803 g/mol. The van der Waals surface area contributed by atoms with E-state index in [-0.39, 0.29) is 24.9 Å². The molecule has 0 aromatic carbocycles. The van der Waals surface area contributed by atoms with Gasteiger partial charge in [-0.15, -0.1) is 0 Å². The average molecular weight is 917 g/mol. The molecule has 1 amide bonds. The number of unbranched alkanes of at least 4 members (excludes halogenated alkanes) is 37. The number of aliphatic hydroxyl groups excluding tert-OH is 2. The third-order valence-corrected chi connectivity index (χ3v) is 13.5. The predicted octanol–water partition coefficient (Wildman–Crippen LogP) is 17.9. The van der Waals surface area contributed by atoms with E-state index in [1.165, 1.54) is 205 Å². The Morgan fingerprint density at radius 1 is 0.431 bits per heavy atom. The summed E-state index contributed by atoms with van der Waals surface area (Å²) in [6.45, 7) is 6.51. The summed E-state index contributed by atoms with van der Waals surface area (Å²) in [6.07, 6.45) is 62.4. The fourth-order valence-corrected chi connectivity index (χ4v) is 9.07. The van der Waals surface area contributed by atoms with E-state index in [1.807, 2.05) is 0 Å². The normalized spacial score (nSPS) is 13.2. The molecule has 0 radical (unpaired) electrons. The fourth-order valence-electron chi connectivity index (χ4n) is 9.07. The molecule has 65 heavy (non-hydrogen) atoms. The van der Waals surface area contributed by atoms with Crippen LogP contribution in [-0.2, 0) is 14.3 Å². The van der Waals surface area contributed by atoms with Crippen LogP contribution in [0.25, 0.3) is 0 Å². The first-order valence-corrected chi connectivity index (χ1v) is 29.1. The molecule has 0 spiro atoms. The van der Waals surface area contributed by atoms with Gasteiger partial charge in [-0.05, 0) is 77.0 Å². The number of hydrogen-bond acceptors (Lipinski definition) is 5.